The number of hydrogen-bond donors (Lipinski definition) is 0. The van der Waals surface area contributed by atoms with Crippen molar-refractivity contribution in [1.82, 2.24) is 0 Å². The number of para-hydroxylation sites is 1. The van der Waals surface area contributed by atoms with Crippen molar-refractivity contribution in [2.24, 2.45) is 0 Å². The van der Waals surface area contributed by atoms with E-state index in [1.165, 1.54) is 6.07 Å². The fourth-order valence-corrected chi connectivity index (χ4v) is 2.39. The zero-order chi connectivity index (χ0) is 26.5. The summed E-state index contributed by atoms with van der Waals surface area (Å²) in [6.45, 7) is -2.93. The van der Waals surface area contributed by atoms with Gasteiger partial charge >= 0.3 is 47.9 Å². The number of rotatable bonds is 10. The molecule has 0 bridgehead atoms. The Balaban J connectivity index is 3.44. The SMILES string of the molecule is FC(F)C(F)(F)C(F)(F)C(F)(F)C(F)(F)C(F)(F)C(F)(F)C(F)(F)COc1ccccc1Br. The van der Waals surface area contributed by atoms with E-state index in [1.54, 1.807) is 0 Å². The molecule has 0 N–H and O–H groups in total. The van der Waals surface area contributed by atoms with E-state index in [-0.39, 0.29) is 4.47 Å². The number of hydrogen-bond acceptors (Lipinski definition) is 1. The maximum absolute atomic E-state index is 13.7. The minimum atomic E-state index is -8.41. The van der Waals surface area contributed by atoms with Crippen LogP contribution in [0.15, 0.2) is 28.7 Å². The van der Waals surface area contributed by atoms with Crippen molar-refractivity contribution in [3.8, 4) is 5.75 Å². The number of alkyl halides is 16. The molecule has 0 spiro atoms. The zero-order valence-corrected chi connectivity index (χ0v) is 16.5. The molecule has 18 heteroatoms. The highest BCUT2D eigenvalue weighted by molar-refractivity contribution is 9.10. The van der Waals surface area contributed by atoms with E-state index in [9.17, 15) is 70.2 Å². The van der Waals surface area contributed by atoms with Crippen molar-refractivity contribution in [2.75, 3.05) is 6.61 Å². The van der Waals surface area contributed by atoms with Crippen LogP contribution in [-0.2, 0) is 0 Å². The van der Waals surface area contributed by atoms with Gasteiger partial charge in [0.2, 0.25) is 0 Å². The van der Waals surface area contributed by atoms with Crippen LogP contribution in [0.4, 0.5) is 70.2 Å². The molecule has 0 amide bonds. The Labute approximate surface area is 180 Å². The van der Waals surface area contributed by atoms with Gasteiger partial charge in [-0.1, -0.05) is 12.1 Å². The van der Waals surface area contributed by atoms with Gasteiger partial charge in [-0.25, -0.2) is 8.78 Å². The maximum atomic E-state index is 13.7. The first-order valence-corrected chi connectivity index (χ1v) is 8.53. The highest BCUT2D eigenvalue weighted by Crippen LogP contribution is 2.62. The first-order chi connectivity index (χ1) is 14.4. The number of ether oxygens (including phenoxy) is 1. The Hall–Kier alpha value is -1.62. The topological polar surface area (TPSA) is 9.23 Å². The van der Waals surface area contributed by atoms with Crippen molar-refractivity contribution in [1.29, 1.82) is 0 Å². The van der Waals surface area contributed by atoms with Crippen LogP contribution in [-0.4, -0.2) is 54.5 Å². The average molecular weight is 587 g/mol. The first-order valence-electron chi connectivity index (χ1n) is 7.73. The van der Waals surface area contributed by atoms with Crippen LogP contribution < -0.4 is 4.74 Å². The van der Waals surface area contributed by atoms with Crippen LogP contribution in [0.5, 0.6) is 5.75 Å². The second-order valence-electron chi connectivity index (χ2n) is 6.22. The van der Waals surface area contributed by atoms with Crippen molar-refractivity contribution in [3.63, 3.8) is 0 Å². The fourth-order valence-electron chi connectivity index (χ4n) is 1.99. The van der Waals surface area contributed by atoms with Crippen LogP contribution in [0.3, 0.4) is 0 Å². The summed E-state index contributed by atoms with van der Waals surface area (Å²) in [4.78, 5) is 0. The lowest BCUT2D eigenvalue weighted by atomic mass is 9.89. The van der Waals surface area contributed by atoms with Crippen molar-refractivity contribution in [3.05, 3.63) is 28.7 Å². The van der Waals surface area contributed by atoms with Gasteiger partial charge in [0.25, 0.3) is 0 Å². The molecule has 0 atom stereocenters. The van der Waals surface area contributed by atoms with Gasteiger partial charge in [-0.15, -0.1) is 0 Å². The summed E-state index contributed by atoms with van der Waals surface area (Å²) < 4.78 is 215. The van der Waals surface area contributed by atoms with Crippen LogP contribution >= 0.6 is 15.9 Å². The molecule has 0 aromatic heterocycles. The molecule has 0 aliphatic heterocycles. The fraction of sp³-hybridized carbons (Fsp3) is 0.600. The van der Waals surface area contributed by atoms with Gasteiger partial charge in [-0.2, -0.15) is 61.5 Å². The smallest absolute Gasteiger partial charge is 0.385 e. The monoisotopic (exact) mass is 586 g/mol. The molecular weight excluding hydrogens is 580 g/mol. The van der Waals surface area contributed by atoms with E-state index in [0.717, 1.165) is 18.2 Å². The molecule has 0 radical (unpaired) electrons. The molecule has 0 aliphatic rings. The Morgan fingerprint density at radius 2 is 1.03 bits per heavy atom. The third-order valence-corrected chi connectivity index (χ3v) is 4.63. The average Bonchev–Trinajstić information content (AvgIpc) is 2.66. The summed E-state index contributed by atoms with van der Waals surface area (Å²) in [7, 11) is 0. The quantitative estimate of drug-likeness (QED) is 0.257. The van der Waals surface area contributed by atoms with Gasteiger partial charge in [-0.3, -0.25) is 0 Å². The summed E-state index contributed by atoms with van der Waals surface area (Å²) in [6.07, 6.45) is -5.87. The van der Waals surface area contributed by atoms with E-state index >= 15 is 0 Å². The van der Waals surface area contributed by atoms with Crippen molar-refractivity contribution < 1.29 is 75.0 Å². The van der Waals surface area contributed by atoms with Gasteiger partial charge in [0.1, 0.15) is 5.75 Å². The standard InChI is InChI=1S/C15H7BrF16O/c16-6-3-1-2-4-7(6)33-5-9(19,20)11(23,24)13(27,28)15(31,32)14(29,30)12(25,26)10(21,22)8(17)18/h1-4,8H,5H2. The lowest BCUT2D eigenvalue weighted by molar-refractivity contribution is -0.447. The number of benzene rings is 1. The molecule has 0 unspecified atom stereocenters. The minimum absolute atomic E-state index is 0.276. The van der Waals surface area contributed by atoms with Gasteiger partial charge < -0.3 is 4.74 Å². The molecule has 1 aromatic rings. The normalized spacial score (nSPS) is 15.2. The predicted molar refractivity (Wildman–Crippen MR) is 80.3 cm³/mol. The van der Waals surface area contributed by atoms with Crippen LogP contribution in [0.25, 0.3) is 0 Å². The molecule has 1 nitrogen and oxygen atoms in total. The molecule has 1 aromatic carbocycles. The van der Waals surface area contributed by atoms with E-state index < -0.39 is 60.2 Å². The minimum Gasteiger partial charge on any atom is -0.486 e. The van der Waals surface area contributed by atoms with Gasteiger partial charge in [-0.05, 0) is 28.1 Å². The maximum Gasteiger partial charge on any atom is 0.385 e. The third kappa shape index (κ3) is 4.31. The largest absolute Gasteiger partial charge is 0.486 e. The summed E-state index contributed by atoms with van der Waals surface area (Å²) in [5.41, 5.74) is 0. The summed E-state index contributed by atoms with van der Waals surface area (Å²) in [5, 5.41) is 0. The van der Waals surface area contributed by atoms with E-state index in [1.807, 2.05) is 0 Å². The molecular formula is C15H7BrF16O. The zero-order valence-electron chi connectivity index (χ0n) is 14.9. The molecule has 0 aliphatic carbocycles. The van der Waals surface area contributed by atoms with Crippen LogP contribution in [0.1, 0.15) is 0 Å². The highest BCUT2D eigenvalue weighted by atomic mass is 79.9. The molecule has 0 saturated heterocycles. The second kappa shape index (κ2) is 8.55. The van der Waals surface area contributed by atoms with E-state index in [0.29, 0.717) is 0 Å². The molecule has 0 heterocycles. The van der Waals surface area contributed by atoms with Crippen LogP contribution in [0, 0.1) is 0 Å². The van der Waals surface area contributed by atoms with E-state index in [4.69, 9.17) is 0 Å². The summed E-state index contributed by atoms with van der Waals surface area (Å²) >= 11 is 2.62. The lowest BCUT2D eigenvalue weighted by Gasteiger charge is -2.42. The van der Waals surface area contributed by atoms with E-state index in [2.05, 4.69) is 20.7 Å². The first kappa shape index (κ1) is 29.4. The second-order valence-corrected chi connectivity index (χ2v) is 7.07. The molecule has 0 saturated carbocycles. The van der Waals surface area contributed by atoms with Crippen molar-refractivity contribution in [2.45, 2.75) is 47.9 Å². The third-order valence-electron chi connectivity index (χ3n) is 3.98. The molecule has 192 valence electrons. The Morgan fingerprint density at radius 3 is 1.45 bits per heavy atom. The van der Waals surface area contributed by atoms with Gasteiger partial charge in [0.05, 0.1) is 4.47 Å². The molecule has 33 heavy (non-hydrogen) atoms. The Bertz CT molecular complexity index is 837. The molecule has 1 rings (SSSR count). The summed E-state index contributed by atoms with van der Waals surface area (Å²) in [6, 6.07) is 4.01. The summed E-state index contributed by atoms with van der Waals surface area (Å²) in [5.74, 6) is -55.5. The molecule has 0 fully saturated rings. The number of halogens is 17. The predicted octanol–water partition coefficient (Wildman–Crippen LogP) is 7.54. The lowest BCUT2D eigenvalue weighted by Crippen LogP contribution is -2.74. The highest BCUT2D eigenvalue weighted by Gasteiger charge is 2.93. The van der Waals surface area contributed by atoms with Gasteiger partial charge in [0.15, 0.2) is 6.61 Å². The van der Waals surface area contributed by atoms with Crippen LogP contribution in [0.2, 0.25) is 0 Å². The van der Waals surface area contributed by atoms with Crippen molar-refractivity contribution >= 4 is 15.9 Å². The van der Waals surface area contributed by atoms with Gasteiger partial charge in [0, 0.05) is 0 Å². The Kier molecular flexibility index (Phi) is 7.62. The Morgan fingerprint density at radius 1 is 0.636 bits per heavy atom.